The van der Waals surface area contributed by atoms with Gasteiger partial charge in [0.2, 0.25) is 5.88 Å². The molecule has 7 nitrogen and oxygen atoms in total. The molecule has 130 valence electrons. The molecule has 1 amide bonds. The van der Waals surface area contributed by atoms with Gasteiger partial charge in [-0.25, -0.2) is 4.98 Å². The van der Waals surface area contributed by atoms with Crippen LogP contribution in [-0.4, -0.2) is 44.8 Å². The minimum absolute atomic E-state index is 0.00450. The number of piperidine rings is 1. The van der Waals surface area contributed by atoms with Crippen LogP contribution in [0.2, 0.25) is 0 Å². The van der Waals surface area contributed by atoms with Crippen molar-refractivity contribution in [3.8, 4) is 11.9 Å². The average molecular weight is 339 g/mol. The number of nitriles is 1. The highest BCUT2D eigenvalue weighted by Gasteiger charge is 2.29. The molecule has 2 aromatic rings. The van der Waals surface area contributed by atoms with Gasteiger partial charge < -0.3 is 9.64 Å². The fourth-order valence-corrected chi connectivity index (χ4v) is 3.17. The van der Waals surface area contributed by atoms with E-state index < -0.39 is 0 Å². The number of rotatable bonds is 3. The summed E-state index contributed by atoms with van der Waals surface area (Å²) in [5, 5.41) is 13.3. The summed E-state index contributed by atoms with van der Waals surface area (Å²) in [4.78, 5) is 18.9. The summed E-state index contributed by atoms with van der Waals surface area (Å²) in [5.74, 6) is 0.419. The molecule has 1 saturated heterocycles. The molecule has 0 aliphatic carbocycles. The first-order valence-corrected chi connectivity index (χ1v) is 8.32. The summed E-state index contributed by atoms with van der Waals surface area (Å²) in [7, 11) is 1.84. The van der Waals surface area contributed by atoms with E-state index in [1.807, 2.05) is 25.8 Å². The fraction of sp³-hybridized carbons (Fsp3) is 0.444. The molecule has 1 aliphatic heterocycles. The third kappa shape index (κ3) is 3.48. The molecule has 1 fully saturated rings. The molecule has 1 aliphatic rings. The highest BCUT2D eigenvalue weighted by molar-refractivity contribution is 5.96. The van der Waals surface area contributed by atoms with Crippen LogP contribution in [0.15, 0.2) is 18.3 Å². The Morgan fingerprint density at radius 1 is 1.44 bits per heavy atom. The van der Waals surface area contributed by atoms with Gasteiger partial charge in [-0.15, -0.1) is 0 Å². The number of hydrogen-bond acceptors (Lipinski definition) is 5. The van der Waals surface area contributed by atoms with Crippen molar-refractivity contribution in [3.05, 3.63) is 40.8 Å². The van der Waals surface area contributed by atoms with E-state index in [4.69, 9.17) is 10.00 Å². The zero-order valence-corrected chi connectivity index (χ0v) is 14.7. The maximum Gasteiger partial charge on any atom is 0.257 e. The van der Waals surface area contributed by atoms with Crippen molar-refractivity contribution in [1.29, 1.82) is 5.26 Å². The number of likely N-dealkylation sites (tertiary alicyclic amines) is 1. The highest BCUT2D eigenvalue weighted by atomic mass is 16.5. The molecule has 2 aromatic heterocycles. The van der Waals surface area contributed by atoms with E-state index in [0.29, 0.717) is 30.1 Å². The van der Waals surface area contributed by atoms with Gasteiger partial charge in [-0.05, 0) is 32.8 Å². The van der Waals surface area contributed by atoms with Crippen molar-refractivity contribution in [3.63, 3.8) is 0 Å². The Morgan fingerprint density at radius 3 is 2.92 bits per heavy atom. The van der Waals surface area contributed by atoms with Crippen LogP contribution in [0, 0.1) is 25.2 Å². The molecule has 3 heterocycles. The first-order valence-electron chi connectivity index (χ1n) is 8.32. The van der Waals surface area contributed by atoms with E-state index in [0.717, 1.165) is 24.2 Å². The Morgan fingerprint density at radius 2 is 2.24 bits per heavy atom. The van der Waals surface area contributed by atoms with E-state index in [-0.39, 0.29) is 12.0 Å². The largest absolute Gasteiger partial charge is 0.472 e. The molecule has 0 radical (unpaired) electrons. The molecule has 0 bridgehead atoms. The smallest absolute Gasteiger partial charge is 0.257 e. The van der Waals surface area contributed by atoms with Crippen LogP contribution in [0.25, 0.3) is 0 Å². The molecule has 1 unspecified atom stereocenters. The Balaban J connectivity index is 1.72. The van der Waals surface area contributed by atoms with Gasteiger partial charge in [-0.3, -0.25) is 9.48 Å². The van der Waals surface area contributed by atoms with E-state index in [9.17, 15) is 4.79 Å². The molecule has 3 rings (SSSR count). The van der Waals surface area contributed by atoms with Crippen molar-refractivity contribution in [2.75, 3.05) is 13.1 Å². The number of ether oxygens (including phenoxy) is 1. The third-order valence-corrected chi connectivity index (χ3v) is 4.54. The van der Waals surface area contributed by atoms with Crippen LogP contribution in [0.3, 0.4) is 0 Å². The summed E-state index contributed by atoms with van der Waals surface area (Å²) < 4.78 is 7.64. The lowest BCUT2D eigenvalue weighted by Crippen LogP contribution is -2.44. The van der Waals surface area contributed by atoms with E-state index in [1.165, 1.54) is 0 Å². The number of aromatic nitrogens is 3. The number of hydrogen-bond donors (Lipinski definition) is 0. The monoisotopic (exact) mass is 339 g/mol. The fourth-order valence-electron chi connectivity index (χ4n) is 3.17. The molecular weight excluding hydrogens is 318 g/mol. The zero-order chi connectivity index (χ0) is 18.0. The average Bonchev–Trinajstić information content (AvgIpc) is 2.87. The Labute approximate surface area is 146 Å². The molecular formula is C18H21N5O2. The second kappa shape index (κ2) is 6.93. The lowest BCUT2D eigenvalue weighted by molar-refractivity contribution is 0.0526. The molecule has 0 spiro atoms. The van der Waals surface area contributed by atoms with E-state index in [1.54, 1.807) is 23.0 Å². The van der Waals surface area contributed by atoms with Gasteiger partial charge in [0.15, 0.2) is 0 Å². The topological polar surface area (TPSA) is 84.0 Å². The van der Waals surface area contributed by atoms with Crippen LogP contribution in [0.5, 0.6) is 5.88 Å². The van der Waals surface area contributed by atoms with Gasteiger partial charge in [0, 0.05) is 31.5 Å². The third-order valence-electron chi connectivity index (χ3n) is 4.54. The summed E-state index contributed by atoms with van der Waals surface area (Å²) in [6.07, 6.45) is 3.15. The highest BCUT2D eigenvalue weighted by Crippen LogP contribution is 2.21. The Hall–Kier alpha value is -2.88. The van der Waals surface area contributed by atoms with Gasteiger partial charge in [0.25, 0.3) is 5.91 Å². The molecule has 25 heavy (non-hydrogen) atoms. The molecule has 0 N–H and O–H groups in total. The van der Waals surface area contributed by atoms with Crippen LogP contribution in [0.4, 0.5) is 0 Å². The summed E-state index contributed by atoms with van der Waals surface area (Å²) in [6.45, 7) is 4.97. The predicted octanol–water partition coefficient (Wildman–Crippen LogP) is 1.99. The summed E-state index contributed by atoms with van der Waals surface area (Å²) in [5.41, 5.74) is 2.80. The number of amides is 1. The lowest BCUT2D eigenvalue weighted by atomic mass is 10.1. The lowest BCUT2D eigenvalue weighted by Gasteiger charge is -2.32. The predicted molar refractivity (Wildman–Crippen MR) is 91.2 cm³/mol. The van der Waals surface area contributed by atoms with E-state index in [2.05, 4.69) is 16.2 Å². The number of nitrogens with zero attached hydrogens (tertiary/aromatic N) is 5. The minimum atomic E-state index is -0.128. The molecule has 7 heteroatoms. The Kier molecular flexibility index (Phi) is 4.70. The van der Waals surface area contributed by atoms with Gasteiger partial charge in [-0.2, -0.15) is 10.4 Å². The standard InChI is InChI=1S/C18H21N5O2/c1-12-17(13(2)22(3)21-12)18(24)23-8-4-5-15(11-23)25-16-9-14(10-19)6-7-20-16/h6-7,9,15H,4-5,8,11H2,1-3H3. The van der Waals surface area contributed by atoms with Gasteiger partial charge >= 0.3 is 0 Å². The van der Waals surface area contributed by atoms with Crippen molar-refractivity contribution < 1.29 is 9.53 Å². The van der Waals surface area contributed by atoms with Crippen molar-refractivity contribution in [1.82, 2.24) is 19.7 Å². The molecule has 0 saturated carbocycles. The SMILES string of the molecule is Cc1nn(C)c(C)c1C(=O)N1CCCC(Oc2cc(C#N)ccn2)C1. The minimum Gasteiger partial charge on any atom is -0.472 e. The maximum atomic E-state index is 12.9. The van der Waals surface area contributed by atoms with Gasteiger partial charge in [0.1, 0.15) is 6.10 Å². The normalized spacial score (nSPS) is 17.2. The second-order valence-corrected chi connectivity index (χ2v) is 6.30. The number of carbonyl (C=O) groups is 1. The summed E-state index contributed by atoms with van der Waals surface area (Å²) in [6, 6.07) is 5.33. The van der Waals surface area contributed by atoms with Gasteiger partial charge in [0.05, 0.1) is 29.4 Å². The molecule has 1 atom stereocenters. The first kappa shape index (κ1) is 17.0. The van der Waals surface area contributed by atoms with Crippen LogP contribution >= 0.6 is 0 Å². The zero-order valence-electron chi connectivity index (χ0n) is 14.7. The molecule has 0 aromatic carbocycles. The van der Waals surface area contributed by atoms with Gasteiger partial charge in [-0.1, -0.05) is 0 Å². The van der Waals surface area contributed by atoms with Crippen LogP contribution in [-0.2, 0) is 7.05 Å². The Bertz CT molecular complexity index is 836. The summed E-state index contributed by atoms with van der Waals surface area (Å²) >= 11 is 0. The van der Waals surface area contributed by atoms with E-state index >= 15 is 0 Å². The maximum absolute atomic E-state index is 12.9. The quantitative estimate of drug-likeness (QED) is 0.854. The number of aryl methyl sites for hydroxylation is 2. The van der Waals surface area contributed by atoms with Crippen molar-refractivity contribution >= 4 is 5.91 Å². The van der Waals surface area contributed by atoms with Crippen LogP contribution < -0.4 is 4.74 Å². The first-order chi connectivity index (χ1) is 12.0. The van der Waals surface area contributed by atoms with Crippen LogP contribution in [0.1, 0.15) is 40.2 Å². The number of carbonyl (C=O) groups excluding carboxylic acids is 1. The number of pyridine rings is 1. The van der Waals surface area contributed by atoms with Crippen molar-refractivity contribution in [2.24, 2.45) is 7.05 Å². The van der Waals surface area contributed by atoms with Crippen molar-refractivity contribution in [2.45, 2.75) is 32.8 Å². The second-order valence-electron chi connectivity index (χ2n) is 6.30.